The number of benzene rings is 2. The Bertz CT molecular complexity index is 689. The van der Waals surface area contributed by atoms with E-state index in [1.165, 1.54) is 0 Å². The molecular formula is C16H16ClN3O2. The topological polar surface area (TPSA) is 84.2 Å². The first-order chi connectivity index (χ1) is 10.6. The Labute approximate surface area is 133 Å². The molecule has 0 heterocycles. The molecule has 0 bridgehead atoms. The highest BCUT2D eigenvalue weighted by Crippen LogP contribution is 2.15. The van der Waals surface area contributed by atoms with Gasteiger partial charge in [-0.1, -0.05) is 41.9 Å². The first-order valence-electron chi connectivity index (χ1n) is 6.70. The lowest BCUT2D eigenvalue weighted by molar-refractivity contribution is -0.115. The van der Waals surface area contributed by atoms with Gasteiger partial charge in [0.25, 0.3) is 5.91 Å². The molecule has 5 nitrogen and oxygen atoms in total. The van der Waals surface area contributed by atoms with Crippen molar-refractivity contribution in [2.75, 3.05) is 11.9 Å². The molecule has 0 fully saturated rings. The summed E-state index contributed by atoms with van der Waals surface area (Å²) in [5, 5.41) is 6.30. The van der Waals surface area contributed by atoms with Gasteiger partial charge in [0.05, 0.1) is 17.8 Å². The van der Waals surface area contributed by atoms with Crippen LogP contribution in [0.4, 0.5) is 5.69 Å². The number of para-hydroxylation sites is 1. The Morgan fingerprint density at radius 3 is 2.45 bits per heavy atom. The Balaban J connectivity index is 1.89. The number of carbonyl (C=O) groups is 2. The molecule has 22 heavy (non-hydrogen) atoms. The molecular weight excluding hydrogens is 302 g/mol. The van der Waals surface area contributed by atoms with E-state index in [1.807, 2.05) is 18.2 Å². The number of anilines is 1. The molecule has 4 N–H and O–H groups in total. The number of primary amides is 1. The van der Waals surface area contributed by atoms with Crippen molar-refractivity contribution in [3.8, 4) is 0 Å². The van der Waals surface area contributed by atoms with Gasteiger partial charge < -0.3 is 16.4 Å². The lowest BCUT2D eigenvalue weighted by Gasteiger charge is -2.10. The highest BCUT2D eigenvalue weighted by molar-refractivity contribution is 6.31. The van der Waals surface area contributed by atoms with Crippen LogP contribution in [-0.2, 0) is 11.3 Å². The predicted octanol–water partition coefficient (Wildman–Crippen LogP) is 2.17. The van der Waals surface area contributed by atoms with E-state index in [0.717, 1.165) is 5.56 Å². The average Bonchev–Trinajstić information content (AvgIpc) is 2.49. The molecule has 0 saturated carbocycles. The first-order valence-corrected chi connectivity index (χ1v) is 7.08. The summed E-state index contributed by atoms with van der Waals surface area (Å²) >= 11 is 6.03. The zero-order valence-electron chi connectivity index (χ0n) is 11.8. The van der Waals surface area contributed by atoms with Crippen molar-refractivity contribution in [1.29, 1.82) is 0 Å². The minimum absolute atomic E-state index is 0.0956. The average molecular weight is 318 g/mol. The summed E-state index contributed by atoms with van der Waals surface area (Å²) in [6.45, 7) is 0.572. The number of halogens is 1. The predicted molar refractivity (Wildman–Crippen MR) is 86.7 cm³/mol. The molecule has 0 radical (unpaired) electrons. The molecule has 0 unspecified atom stereocenters. The van der Waals surface area contributed by atoms with Crippen LogP contribution in [0.5, 0.6) is 0 Å². The van der Waals surface area contributed by atoms with Crippen LogP contribution in [0.2, 0.25) is 5.02 Å². The molecule has 6 heteroatoms. The third kappa shape index (κ3) is 4.31. The van der Waals surface area contributed by atoms with Gasteiger partial charge in [-0.05, 0) is 23.8 Å². The van der Waals surface area contributed by atoms with Crippen LogP contribution in [0.15, 0.2) is 48.5 Å². The molecule has 0 atom stereocenters. The van der Waals surface area contributed by atoms with Crippen molar-refractivity contribution >= 4 is 29.1 Å². The van der Waals surface area contributed by atoms with Crippen LogP contribution in [0.1, 0.15) is 15.9 Å². The molecule has 0 aliphatic rings. The van der Waals surface area contributed by atoms with Crippen molar-refractivity contribution in [2.24, 2.45) is 5.73 Å². The molecule has 2 rings (SSSR count). The number of hydrogen-bond acceptors (Lipinski definition) is 3. The largest absolute Gasteiger partial charge is 0.366 e. The number of amides is 2. The van der Waals surface area contributed by atoms with Gasteiger partial charge in [0.2, 0.25) is 5.91 Å². The van der Waals surface area contributed by atoms with Gasteiger partial charge in [0.15, 0.2) is 0 Å². The van der Waals surface area contributed by atoms with Crippen molar-refractivity contribution in [2.45, 2.75) is 6.54 Å². The number of carbonyl (C=O) groups excluding carboxylic acids is 2. The fraction of sp³-hybridized carbons (Fsp3) is 0.125. The molecule has 114 valence electrons. The summed E-state index contributed by atoms with van der Waals surface area (Å²) < 4.78 is 0. The van der Waals surface area contributed by atoms with Gasteiger partial charge in [-0.3, -0.25) is 9.59 Å². The number of hydrogen-bond donors (Lipinski definition) is 3. The minimum Gasteiger partial charge on any atom is -0.366 e. The fourth-order valence-electron chi connectivity index (χ4n) is 1.95. The van der Waals surface area contributed by atoms with E-state index in [1.54, 1.807) is 30.3 Å². The zero-order chi connectivity index (χ0) is 15.9. The lowest BCUT2D eigenvalue weighted by atomic mass is 10.1. The van der Waals surface area contributed by atoms with Gasteiger partial charge >= 0.3 is 0 Å². The second-order valence-electron chi connectivity index (χ2n) is 4.65. The summed E-state index contributed by atoms with van der Waals surface area (Å²) in [5.74, 6) is -0.847. The Morgan fingerprint density at radius 1 is 1.05 bits per heavy atom. The molecule has 2 aromatic carbocycles. The second-order valence-corrected chi connectivity index (χ2v) is 5.06. The van der Waals surface area contributed by atoms with Crippen molar-refractivity contribution in [3.05, 3.63) is 64.7 Å². The molecule has 0 aliphatic carbocycles. The SMILES string of the molecule is NC(=O)c1ccccc1NC(=O)CNCc1ccccc1Cl. The highest BCUT2D eigenvalue weighted by Gasteiger charge is 2.10. The number of rotatable bonds is 6. The molecule has 0 saturated heterocycles. The maximum absolute atomic E-state index is 11.9. The summed E-state index contributed by atoms with van der Waals surface area (Å²) in [6, 6.07) is 14.0. The van der Waals surface area contributed by atoms with Crippen LogP contribution in [-0.4, -0.2) is 18.4 Å². The lowest BCUT2D eigenvalue weighted by Crippen LogP contribution is -2.28. The maximum atomic E-state index is 11.9. The smallest absolute Gasteiger partial charge is 0.250 e. The molecule has 0 spiro atoms. The van der Waals surface area contributed by atoms with Crippen LogP contribution < -0.4 is 16.4 Å². The van der Waals surface area contributed by atoms with Crippen LogP contribution in [0.25, 0.3) is 0 Å². The van der Waals surface area contributed by atoms with Gasteiger partial charge in [-0.15, -0.1) is 0 Å². The third-order valence-electron chi connectivity index (χ3n) is 3.03. The minimum atomic E-state index is -0.583. The quantitative estimate of drug-likeness (QED) is 0.763. The maximum Gasteiger partial charge on any atom is 0.250 e. The van der Waals surface area contributed by atoms with E-state index in [2.05, 4.69) is 10.6 Å². The van der Waals surface area contributed by atoms with Crippen LogP contribution in [0, 0.1) is 0 Å². The Morgan fingerprint density at radius 2 is 1.73 bits per heavy atom. The first kappa shape index (κ1) is 16.0. The summed E-state index contributed by atoms with van der Waals surface area (Å²) in [7, 11) is 0. The van der Waals surface area contributed by atoms with E-state index in [-0.39, 0.29) is 18.0 Å². The van der Waals surface area contributed by atoms with Gasteiger partial charge in [-0.25, -0.2) is 0 Å². The number of nitrogens with one attached hydrogen (secondary N) is 2. The Hall–Kier alpha value is -2.37. The normalized spacial score (nSPS) is 10.2. The van der Waals surface area contributed by atoms with Gasteiger partial charge in [-0.2, -0.15) is 0 Å². The van der Waals surface area contributed by atoms with Gasteiger partial charge in [0, 0.05) is 11.6 Å². The van der Waals surface area contributed by atoms with E-state index >= 15 is 0 Å². The Kier molecular flexibility index (Phi) is 5.52. The standard InChI is InChI=1S/C16H16ClN3O2/c17-13-7-3-1-5-11(13)9-19-10-15(21)20-14-8-4-2-6-12(14)16(18)22/h1-8,19H,9-10H2,(H2,18,22)(H,20,21). The van der Waals surface area contributed by atoms with Crippen molar-refractivity contribution < 1.29 is 9.59 Å². The summed E-state index contributed by atoms with van der Waals surface area (Å²) in [4.78, 5) is 23.2. The molecule has 0 aliphatic heterocycles. The summed E-state index contributed by atoms with van der Waals surface area (Å²) in [6.07, 6.45) is 0. The fourth-order valence-corrected chi connectivity index (χ4v) is 2.16. The van der Waals surface area contributed by atoms with E-state index < -0.39 is 5.91 Å². The monoisotopic (exact) mass is 317 g/mol. The highest BCUT2D eigenvalue weighted by atomic mass is 35.5. The number of nitrogens with two attached hydrogens (primary N) is 1. The zero-order valence-corrected chi connectivity index (χ0v) is 12.6. The van der Waals surface area contributed by atoms with E-state index in [9.17, 15) is 9.59 Å². The van der Waals surface area contributed by atoms with Gasteiger partial charge in [0.1, 0.15) is 0 Å². The molecule has 2 amide bonds. The third-order valence-corrected chi connectivity index (χ3v) is 3.39. The van der Waals surface area contributed by atoms with Crippen molar-refractivity contribution in [1.82, 2.24) is 5.32 Å². The molecule has 2 aromatic rings. The van der Waals surface area contributed by atoms with Crippen LogP contribution >= 0.6 is 11.6 Å². The molecule has 0 aromatic heterocycles. The van der Waals surface area contributed by atoms with Crippen LogP contribution in [0.3, 0.4) is 0 Å². The van der Waals surface area contributed by atoms with E-state index in [0.29, 0.717) is 17.3 Å². The second kappa shape index (κ2) is 7.59. The summed E-state index contributed by atoms with van der Waals surface area (Å²) in [5.41, 5.74) is 6.86. The van der Waals surface area contributed by atoms with E-state index in [4.69, 9.17) is 17.3 Å². The van der Waals surface area contributed by atoms with Crippen molar-refractivity contribution in [3.63, 3.8) is 0 Å².